The van der Waals surface area contributed by atoms with Crippen molar-refractivity contribution >= 4 is 34.0 Å². The van der Waals surface area contributed by atoms with Crippen molar-refractivity contribution in [2.24, 2.45) is 0 Å². The van der Waals surface area contributed by atoms with E-state index >= 15 is 0 Å². The first-order valence-electron chi connectivity index (χ1n) is 11.5. The first kappa shape index (κ1) is 25.6. The van der Waals surface area contributed by atoms with E-state index in [0.29, 0.717) is 37.9 Å². The van der Waals surface area contributed by atoms with Gasteiger partial charge in [0.25, 0.3) is 5.91 Å². The van der Waals surface area contributed by atoms with E-state index in [4.69, 9.17) is 0 Å². The van der Waals surface area contributed by atoms with Crippen LogP contribution in [-0.2, 0) is 17.4 Å². The number of piperazine rings is 1. The van der Waals surface area contributed by atoms with Crippen molar-refractivity contribution in [1.29, 1.82) is 0 Å². The summed E-state index contributed by atoms with van der Waals surface area (Å²) in [6, 6.07) is 14.8. The van der Waals surface area contributed by atoms with Gasteiger partial charge < -0.3 is 15.5 Å². The van der Waals surface area contributed by atoms with E-state index in [9.17, 15) is 22.8 Å². The molecule has 0 radical (unpaired) electrons. The Hall–Kier alpha value is -3.44. The topological polar surface area (TPSA) is 77.6 Å². The number of thiazole rings is 1. The van der Waals surface area contributed by atoms with Gasteiger partial charge in [0, 0.05) is 43.8 Å². The zero-order chi connectivity index (χ0) is 25.5. The van der Waals surface area contributed by atoms with Crippen molar-refractivity contribution in [1.82, 2.24) is 20.1 Å². The van der Waals surface area contributed by atoms with Crippen LogP contribution < -0.4 is 10.6 Å². The molecular weight excluding hydrogens is 491 g/mol. The first-order chi connectivity index (χ1) is 17.3. The first-order valence-corrected chi connectivity index (χ1v) is 12.4. The van der Waals surface area contributed by atoms with Gasteiger partial charge in [0.1, 0.15) is 5.69 Å². The summed E-state index contributed by atoms with van der Waals surface area (Å²) in [7, 11) is 0. The number of carbonyl (C=O) groups is 2. The molecule has 0 spiro atoms. The van der Waals surface area contributed by atoms with E-state index in [1.54, 1.807) is 10.3 Å². The van der Waals surface area contributed by atoms with Gasteiger partial charge in [-0.1, -0.05) is 36.4 Å². The molecule has 7 nitrogen and oxygen atoms in total. The van der Waals surface area contributed by atoms with Gasteiger partial charge in [0.2, 0.25) is 5.91 Å². The van der Waals surface area contributed by atoms with Crippen LogP contribution in [0.3, 0.4) is 0 Å². The number of halogens is 3. The summed E-state index contributed by atoms with van der Waals surface area (Å²) < 4.78 is 38.8. The second-order valence-corrected chi connectivity index (χ2v) is 9.25. The van der Waals surface area contributed by atoms with Crippen LogP contribution in [0.25, 0.3) is 0 Å². The van der Waals surface area contributed by atoms with Gasteiger partial charge in [-0.3, -0.25) is 14.5 Å². The highest BCUT2D eigenvalue weighted by Gasteiger charge is 2.30. The Labute approximate surface area is 210 Å². The minimum Gasteiger partial charge on any atom is -0.355 e. The van der Waals surface area contributed by atoms with Gasteiger partial charge >= 0.3 is 6.18 Å². The fourth-order valence-electron chi connectivity index (χ4n) is 3.85. The van der Waals surface area contributed by atoms with Crippen molar-refractivity contribution in [3.05, 3.63) is 76.8 Å². The van der Waals surface area contributed by atoms with Crippen LogP contribution in [-0.4, -0.2) is 65.9 Å². The molecule has 2 aromatic carbocycles. The number of carbonyl (C=O) groups excluding carboxylic acids is 2. The smallest absolute Gasteiger partial charge is 0.355 e. The number of rotatable bonds is 8. The Morgan fingerprint density at radius 1 is 1.00 bits per heavy atom. The van der Waals surface area contributed by atoms with E-state index in [1.807, 2.05) is 35.2 Å². The summed E-state index contributed by atoms with van der Waals surface area (Å²) in [5.41, 5.74) is 0.888. The highest BCUT2D eigenvalue weighted by molar-refractivity contribution is 7.14. The maximum Gasteiger partial charge on any atom is 0.416 e. The van der Waals surface area contributed by atoms with Gasteiger partial charge in [-0.2, -0.15) is 13.2 Å². The molecule has 4 rings (SSSR count). The van der Waals surface area contributed by atoms with Gasteiger partial charge in [-0.25, -0.2) is 4.98 Å². The highest BCUT2D eigenvalue weighted by Crippen LogP contribution is 2.32. The predicted molar refractivity (Wildman–Crippen MR) is 132 cm³/mol. The lowest BCUT2D eigenvalue weighted by Crippen LogP contribution is -2.51. The molecule has 2 N–H and O–H groups in total. The van der Waals surface area contributed by atoms with Crippen LogP contribution in [0.15, 0.2) is 60.0 Å². The van der Waals surface area contributed by atoms with Crippen LogP contribution in [0.4, 0.5) is 24.0 Å². The fourth-order valence-corrected chi connectivity index (χ4v) is 4.55. The van der Waals surface area contributed by atoms with Crippen molar-refractivity contribution in [2.75, 3.05) is 44.6 Å². The number of nitrogens with zero attached hydrogens (tertiary/aromatic N) is 3. The van der Waals surface area contributed by atoms with Crippen LogP contribution >= 0.6 is 11.3 Å². The standard InChI is InChI=1S/C25H26F3N5O2S/c26-25(27,28)19-7-4-8-20(15-19)30-24-31-21(17-36-24)23(35)33-13-11-32(12-14-33)16-22(34)29-10-9-18-5-2-1-3-6-18/h1-8,15,17H,9-14,16H2,(H,29,34)(H,30,31). The van der Waals surface area contributed by atoms with E-state index in [0.717, 1.165) is 29.9 Å². The molecule has 11 heteroatoms. The molecule has 1 fully saturated rings. The maximum absolute atomic E-state index is 12.9. The van der Waals surface area contributed by atoms with Crippen LogP contribution in [0.1, 0.15) is 21.6 Å². The number of alkyl halides is 3. The Morgan fingerprint density at radius 3 is 2.47 bits per heavy atom. The summed E-state index contributed by atoms with van der Waals surface area (Å²) in [4.78, 5) is 33.0. The molecular formula is C25H26F3N5O2S. The molecule has 1 aliphatic heterocycles. The monoisotopic (exact) mass is 517 g/mol. The van der Waals surface area contributed by atoms with Crippen LogP contribution in [0, 0.1) is 0 Å². The Balaban J connectivity index is 1.22. The summed E-state index contributed by atoms with van der Waals surface area (Å²) >= 11 is 1.15. The van der Waals surface area contributed by atoms with Crippen molar-refractivity contribution in [2.45, 2.75) is 12.6 Å². The lowest BCUT2D eigenvalue weighted by Gasteiger charge is -2.33. The van der Waals surface area contributed by atoms with Crippen molar-refractivity contribution in [3.8, 4) is 0 Å². The average Bonchev–Trinajstić information content (AvgIpc) is 3.33. The van der Waals surface area contributed by atoms with E-state index < -0.39 is 11.7 Å². The SMILES string of the molecule is O=C(CN1CCN(C(=O)c2csc(Nc3cccc(C(F)(F)F)c3)n2)CC1)NCCc1ccccc1. The van der Waals surface area contributed by atoms with Crippen LogP contribution in [0.5, 0.6) is 0 Å². The summed E-state index contributed by atoms with van der Waals surface area (Å²) in [6.45, 7) is 2.91. The Morgan fingerprint density at radius 2 is 1.75 bits per heavy atom. The normalized spacial score (nSPS) is 14.5. The molecule has 1 saturated heterocycles. The Kier molecular flexibility index (Phi) is 8.21. The zero-order valence-electron chi connectivity index (χ0n) is 19.4. The number of hydrogen-bond donors (Lipinski definition) is 2. The molecule has 2 heterocycles. The predicted octanol–water partition coefficient (Wildman–Crippen LogP) is 4.02. The van der Waals surface area contributed by atoms with Gasteiger partial charge in [-0.05, 0) is 30.2 Å². The third kappa shape index (κ3) is 7.05. The van der Waals surface area contributed by atoms with E-state index in [2.05, 4.69) is 15.6 Å². The molecule has 0 atom stereocenters. The number of aromatic nitrogens is 1. The molecule has 1 aliphatic rings. The lowest BCUT2D eigenvalue weighted by atomic mass is 10.1. The maximum atomic E-state index is 12.9. The van der Waals surface area contributed by atoms with Crippen LogP contribution in [0.2, 0.25) is 0 Å². The molecule has 36 heavy (non-hydrogen) atoms. The number of amides is 2. The van der Waals surface area contributed by atoms with Gasteiger partial charge in [0.05, 0.1) is 12.1 Å². The molecule has 0 bridgehead atoms. The minimum atomic E-state index is -4.44. The number of nitrogens with one attached hydrogen (secondary N) is 2. The fraction of sp³-hybridized carbons (Fsp3) is 0.320. The zero-order valence-corrected chi connectivity index (χ0v) is 20.2. The Bertz CT molecular complexity index is 1180. The number of benzene rings is 2. The summed E-state index contributed by atoms with van der Waals surface area (Å²) in [6.07, 6.45) is -3.67. The van der Waals surface area contributed by atoms with Gasteiger partial charge in [0.15, 0.2) is 5.13 Å². The quantitative estimate of drug-likeness (QED) is 0.472. The minimum absolute atomic E-state index is 0.0458. The molecule has 190 valence electrons. The molecule has 0 aliphatic carbocycles. The summed E-state index contributed by atoms with van der Waals surface area (Å²) in [5.74, 6) is -0.286. The highest BCUT2D eigenvalue weighted by atomic mass is 32.1. The number of anilines is 2. The summed E-state index contributed by atoms with van der Waals surface area (Å²) in [5, 5.41) is 7.69. The van der Waals surface area contributed by atoms with E-state index in [-0.39, 0.29) is 29.7 Å². The molecule has 0 saturated carbocycles. The molecule has 3 aromatic rings. The molecule has 1 aromatic heterocycles. The second kappa shape index (κ2) is 11.5. The van der Waals surface area contributed by atoms with Crippen molar-refractivity contribution < 1.29 is 22.8 Å². The third-order valence-electron chi connectivity index (χ3n) is 5.77. The van der Waals surface area contributed by atoms with E-state index in [1.165, 1.54) is 17.7 Å². The average molecular weight is 518 g/mol. The second-order valence-electron chi connectivity index (χ2n) is 8.40. The van der Waals surface area contributed by atoms with Gasteiger partial charge in [-0.15, -0.1) is 11.3 Å². The molecule has 0 unspecified atom stereocenters. The van der Waals surface area contributed by atoms with Crippen molar-refractivity contribution in [3.63, 3.8) is 0 Å². The lowest BCUT2D eigenvalue weighted by molar-refractivity contribution is -0.137. The number of hydrogen-bond acceptors (Lipinski definition) is 6. The largest absolute Gasteiger partial charge is 0.416 e. The molecule has 2 amide bonds. The third-order valence-corrected chi connectivity index (χ3v) is 6.53.